The number of benzene rings is 2. The van der Waals surface area contributed by atoms with Crippen LogP contribution in [0.15, 0.2) is 42.5 Å². The Kier molecular flexibility index (Phi) is 3.89. The van der Waals surface area contributed by atoms with Crippen LogP contribution in [0.3, 0.4) is 0 Å². The molecule has 1 amide bonds. The Morgan fingerprint density at radius 3 is 2.40 bits per heavy atom. The number of hydrogen-bond donors (Lipinski definition) is 2. The number of nitrogen functional groups attached to an aromatic ring is 1. The third kappa shape index (κ3) is 2.56. The lowest BCUT2D eigenvalue weighted by Gasteiger charge is -2.25. The topological polar surface area (TPSA) is 72.3 Å². The SMILES string of the molecule is CCN(c1ccc(F)cc1)c1cccc(C(N)=O)c1N. The maximum atomic E-state index is 13.0. The van der Waals surface area contributed by atoms with Gasteiger partial charge in [-0.15, -0.1) is 0 Å². The Labute approximate surface area is 116 Å². The third-order valence-electron chi connectivity index (χ3n) is 3.09. The maximum Gasteiger partial charge on any atom is 0.250 e. The monoisotopic (exact) mass is 273 g/mol. The summed E-state index contributed by atoms with van der Waals surface area (Å²) in [5, 5.41) is 0. The van der Waals surface area contributed by atoms with Crippen LogP contribution in [-0.2, 0) is 0 Å². The van der Waals surface area contributed by atoms with Crippen LogP contribution in [-0.4, -0.2) is 12.5 Å². The Hall–Kier alpha value is -2.56. The standard InChI is InChI=1S/C15H16FN3O/c1-2-19(11-8-6-10(16)7-9-11)13-5-3-4-12(14(13)17)15(18)20/h3-9H,2,17H2,1H3,(H2,18,20). The molecule has 0 spiro atoms. The number of carbonyl (C=O) groups is 1. The molecule has 2 rings (SSSR count). The zero-order chi connectivity index (χ0) is 14.7. The largest absolute Gasteiger partial charge is 0.396 e. The number of carbonyl (C=O) groups excluding carboxylic acids is 1. The van der Waals surface area contributed by atoms with Crippen molar-refractivity contribution < 1.29 is 9.18 Å². The summed E-state index contributed by atoms with van der Waals surface area (Å²) in [6.45, 7) is 2.57. The van der Waals surface area contributed by atoms with Gasteiger partial charge in [0.15, 0.2) is 0 Å². The average Bonchev–Trinajstić information content (AvgIpc) is 2.43. The molecular weight excluding hydrogens is 257 g/mol. The first-order valence-electron chi connectivity index (χ1n) is 6.26. The van der Waals surface area contributed by atoms with E-state index in [1.54, 1.807) is 30.3 Å². The van der Waals surface area contributed by atoms with Crippen LogP contribution in [0.4, 0.5) is 21.5 Å². The molecule has 0 radical (unpaired) electrons. The summed E-state index contributed by atoms with van der Waals surface area (Å²) in [4.78, 5) is 13.2. The molecule has 0 fully saturated rings. The summed E-state index contributed by atoms with van der Waals surface area (Å²) < 4.78 is 13.0. The van der Waals surface area contributed by atoms with Crippen molar-refractivity contribution in [2.45, 2.75) is 6.92 Å². The van der Waals surface area contributed by atoms with Gasteiger partial charge in [0.05, 0.1) is 16.9 Å². The Morgan fingerprint density at radius 1 is 1.20 bits per heavy atom. The van der Waals surface area contributed by atoms with Gasteiger partial charge in [-0.2, -0.15) is 0 Å². The zero-order valence-electron chi connectivity index (χ0n) is 11.1. The predicted molar refractivity (Wildman–Crippen MR) is 78.5 cm³/mol. The number of primary amides is 1. The van der Waals surface area contributed by atoms with Crippen molar-refractivity contribution >= 4 is 23.0 Å². The molecule has 0 aliphatic carbocycles. The van der Waals surface area contributed by atoms with E-state index in [1.807, 2.05) is 11.8 Å². The predicted octanol–water partition coefficient (Wildman–Crippen LogP) is 2.66. The molecule has 0 unspecified atom stereocenters. The lowest BCUT2D eigenvalue weighted by molar-refractivity contribution is 0.100. The van der Waals surface area contributed by atoms with Crippen LogP contribution in [0, 0.1) is 5.82 Å². The van der Waals surface area contributed by atoms with E-state index < -0.39 is 5.91 Å². The van der Waals surface area contributed by atoms with Crippen molar-refractivity contribution in [1.29, 1.82) is 0 Å². The number of nitrogens with two attached hydrogens (primary N) is 2. The van der Waals surface area contributed by atoms with E-state index in [1.165, 1.54) is 12.1 Å². The normalized spacial score (nSPS) is 10.3. The molecule has 0 saturated heterocycles. The highest BCUT2D eigenvalue weighted by atomic mass is 19.1. The molecule has 20 heavy (non-hydrogen) atoms. The van der Waals surface area contributed by atoms with Crippen molar-refractivity contribution in [1.82, 2.24) is 0 Å². The smallest absolute Gasteiger partial charge is 0.250 e. The minimum Gasteiger partial charge on any atom is -0.396 e. The molecule has 2 aromatic carbocycles. The van der Waals surface area contributed by atoms with Gasteiger partial charge in [-0.05, 0) is 43.3 Å². The van der Waals surface area contributed by atoms with E-state index in [0.717, 1.165) is 5.69 Å². The van der Waals surface area contributed by atoms with Gasteiger partial charge < -0.3 is 16.4 Å². The third-order valence-corrected chi connectivity index (χ3v) is 3.09. The first-order chi connectivity index (χ1) is 9.54. The summed E-state index contributed by atoms with van der Waals surface area (Å²) in [5.41, 5.74) is 13.4. The van der Waals surface area contributed by atoms with Gasteiger partial charge in [0.2, 0.25) is 0 Å². The second-order valence-corrected chi connectivity index (χ2v) is 4.32. The summed E-state index contributed by atoms with van der Waals surface area (Å²) >= 11 is 0. The van der Waals surface area contributed by atoms with Gasteiger partial charge in [-0.25, -0.2) is 4.39 Å². The Bertz CT molecular complexity index is 626. The number of halogens is 1. The van der Waals surface area contributed by atoms with Crippen molar-refractivity contribution in [2.24, 2.45) is 5.73 Å². The molecule has 0 bridgehead atoms. The van der Waals surface area contributed by atoms with Crippen LogP contribution in [0.2, 0.25) is 0 Å². The maximum absolute atomic E-state index is 13.0. The fourth-order valence-electron chi connectivity index (χ4n) is 2.12. The molecule has 0 atom stereocenters. The number of hydrogen-bond acceptors (Lipinski definition) is 3. The average molecular weight is 273 g/mol. The van der Waals surface area contributed by atoms with Crippen LogP contribution >= 0.6 is 0 Å². The molecule has 0 heterocycles. The fourth-order valence-corrected chi connectivity index (χ4v) is 2.12. The lowest BCUT2D eigenvalue weighted by Crippen LogP contribution is -2.20. The number of nitrogens with zero attached hydrogens (tertiary/aromatic N) is 1. The quantitative estimate of drug-likeness (QED) is 0.841. The molecule has 0 aliphatic rings. The highest BCUT2D eigenvalue weighted by molar-refractivity contribution is 6.01. The minimum absolute atomic E-state index is 0.281. The van der Waals surface area contributed by atoms with E-state index in [9.17, 15) is 9.18 Å². The summed E-state index contributed by atoms with van der Waals surface area (Å²) in [7, 11) is 0. The number of para-hydroxylation sites is 1. The van der Waals surface area contributed by atoms with Gasteiger partial charge in [0, 0.05) is 12.2 Å². The fraction of sp³-hybridized carbons (Fsp3) is 0.133. The summed E-state index contributed by atoms with van der Waals surface area (Å²) in [6, 6.07) is 11.2. The van der Waals surface area contributed by atoms with E-state index in [-0.39, 0.29) is 11.4 Å². The van der Waals surface area contributed by atoms with Crippen LogP contribution in [0.25, 0.3) is 0 Å². The number of anilines is 3. The highest BCUT2D eigenvalue weighted by Gasteiger charge is 2.15. The molecule has 5 heteroatoms. The minimum atomic E-state index is -0.570. The van der Waals surface area contributed by atoms with E-state index in [0.29, 0.717) is 17.9 Å². The van der Waals surface area contributed by atoms with Gasteiger partial charge in [0.25, 0.3) is 5.91 Å². The van der Waals surface area contributed by atoms with Crippen molar-refractivity contribution in [3.05, 3.63) is 53.8 Å². The molecule has 2 aromatic rings. The van der Waals surface area contributed by atoms with E-state index in [2.05, 4.69) is 0 Å². The van der Waals surface area contributed by atoms with Gasteiger partial charge in [-0.3, -0.25) is 4.79 Å². The van der Waals surface area contributed by atoms with Crippen LogP contribution < -0.4 is 16.4 Å². The first-order valence-corrected chi connectivity index (χ1v) is 6.26. The zero-order valence-corrected chi connectivity index (χ0v) is 11.1. The number of amides is 1. The first kappa shape index (κ1) is 13.9. The van der Waals surface area contributed by atoms with Crippen molar-refractivity contribution in [3.63, 3.8) is 0 Å². The van der Waals surface area contributed by atoms with Gasteiger partial charge in [0.1, 0.15) is 5.82 Å². The molecule has 0 aliphatic heterocycles. The number of rotatable bonds is 4. The second kappa shape index (κ2) is 5.61. The highest BCUT2D eigenvalue weighted by Crippen LogP contribution is 2.32. The lowest BCUT2D eigenvalue weighted by atomic mass is 10.1. The summed E-state index contributed by atoms with van der Waals surface area (Å²) in [6.07, 6.45) is 0. The second-order valence-electron chi connectivity index (χ2n) is 4.32. The van der Waals surface area contributed by atoms with E-state index in [4.69, 9.17) is 11.5 Å². The Balaban J connectivity index is 2.49. The molecule has 0 aromatic heterocycles. The molecule has 0 saturated carbocycles. The van der Waals surface area contributed by atoms with Gasteiger partial charge in [-0.1, -0.05) is 6.07 Å². The molecular formula is C15H16FN3O. The van der Waals surface area contributed by atoms with Crippen LogP contribution in [0.5, 0.6) is 0 Å². The molecule has 4 N–H and O–H groups in total. The van der Waals surface area contributed by atoms with Crippen LogP contribution in [0.1, 0.15) is 17.3 Å². The van der Waals surface area contributed by atoms with Gasteiger partial charge >= 0.3 is 0 Å². The van der Waals surface area contributed by atoms with Crippen molar-refractivity contribution in [2.75, 3.05) is 17.2 Å². The van der Waals surface area contributed by atoms with E-state index >= 15 is 0 Å². The Morgan fingerprint density at radius 2 is 1.85 bits per heavy atom. The molecule has 4 nitrogen and oxygen atoms in total. The van der Waals surface area contributed by atoms with Crippen molar-refractivity contribution in [3.8, 4) is 0 Å². The molecule has 104 valence electrons. The summed E-state index contributed by atoms with van der Waals surface area (Å²) in [5.74, 6) is -0.872.